The maximum Gasteiger partial charge on any atom is 0.244 e. The van der Waals surface area contributed by atoms with Crippen LogP contribution in [0.2, 0.25) is 15.1 Å². The first kappa shape index (κ1) is 32.2. The lowest BCUT2D eigenvalue weighted by atomic mass is 10.0. The van der Waals surface area contributed by atoms with Crippen LogP contribution in [0.1, 0.15) is 25.0 Å². The molecule has 0 saturated carbocycles. The van der Waals surface area contributed by atoms with E-state index in [1.807, 2.05) is 68.4 Å². The van der Waals surface area contributed by atoms with E-state index in [-0.39, 0.29) is 45.7 Å². The number of nitrogens with zero attached hydrogens (tertiary/aromatic N) is 2. The molecule has 0 aromatic heterocycles. The largest absolute Gasteiger partial charge is 0.352 e. The van der Waals surface area contributed by atoms with Gasteiger partial charge in [-0.1, -0.05) is 93.2 Å². The Morgan fingerprint density at radius 2 is 1.50 bits per heavy atom. The highest BCUT2D eigenvalue weighted by atomic mass is 79.9. The summed E-state index contributed by atoms with van der Waals surface area (Å²) in [5.74, 6) is -0.960. The number of carbonyl (C=O) groups excluding carboxylic acids is 2. The Kier molecular flexibility index (Phi) is 11.3. The minimum Gasteiger partial charge on any atom is -0.352 e. The van der Waals surface area contributed by atoms with E-state index in [2.05, 4.69) is 21.2 Å². The molecule has 0 aliphatic heterocycles. The summed E-state index contributed by atoms with van der Waals surface area (Å²) in [6.45, 7) is 3.10. The molecule has 0 saturated heterocycles. The summed E-state index contributed by atoms with van der Waals surface area (Å²) in [4.78, 5) is 29.0. The molecule has 214 valence electrons. The first-order chi connectivity index (χ1) is 18.8. The molecule has 0 aliphatic carbocycles. The summed E-state index contributed by atoms with van der Waals surface area (Å²) < 4.78 is 27.5. The number of hydrogen-bond donors (Lipinski definition) is 1. The van der Waals surface area contributed by atoms with Crippen molar-refractivity contribution in [2.45, 2.75) is 38.9 Å². The van der Waals surface area contributed by atoms with E-state index < -0.39 is 28.5 Å². The van der Waals surface area contributed by atoms with E-state index >= 15 is 0 Å². The van der Waals surface area contributed by atoms with Crippen LogP contribution in [0.5, 0.6) is 0 Å². The molecule has 3 aromatic rings. The predicted octanol–water partition coefficient (Wildman–Crippen LogP) is 6.34. The average Bonchev–Trinajstić information content (AvgIpc) is 2.87. The first-order valence-electron chi connectivity index (χ1n) is 12.3. The highest BCUT2D eigenvalue weighted by Gasteiger charge is 2.34. The van der Waals surface area contributed by atoms with E-state index in [1.54, 1.807) is 0 Å². The van der Waals surface area contributed by atoms with Gasteiger partial charge in [-0.05, 0) is 49.2 Å². The maximum absolute atomic E-state index is 14.1. The lowest BCUT2D eigenvalue weighted by Crippen LogP contribution is -2.54. The minimum absolute atomic E-state index is 0.00162. The number of hydrogen-bond acceptors (Lipinski definition) is 4. The van der Waals surface area contributed by atoms with Gasteiger partial charge in [0.2, 0.25) is 21.8 Å². The molecule has 0 fully saturated rings. The highest BCUT2D eigenvalue weighted by Crippen LogP contribution is 2.35. The number of nitrogens with one attached hydrogen (secondary N) is 1. The summed E-state index contributed by atoms with van der Waals surface area (Å²) >= 11 is 22.0. The van der Waals surface area contributed by atoms with Crippen molar-refractivity contribution in [2.24, 2.45) is 0 Å². The van der Waals surface area contributed by atoms with Gasteiger partial charge in [-0.3, -0.25) is 13.9 Å². The van der Waals surface area contributed by atoms with Crippen molar-refractivity contribution in [3.05, 3.63) is 97.4 Å². The van der Waals surface area contributed by atoms with Gasteiger partial charge in [-0.15, -0.1) is 0 Å². The SMILES string of the molecule is CC(C)NC(=O)[C@H](Cc1ccccc1)N(Cc1ccc(Br)cc1)C(=O)CN(c1cc(Cl)c(Cl)cc1Cl)S(C)(=O)=O. The second-order valence-corrected chi connectivity index (χ2v) is 13.5. The second kappa shape index (κ2) is 14.0. The van der Waals surface area contributed by atoms with Crippen LogP contribution >= 0.6 is 50.7 Å². The molecule has 0 radical (unpaired) electrons. The Labute approximate surface area is 258 Å². The van der Waals surface area contributed by atoms with Gasteiger partial charge in [0.1, 0.15) is 12.6 Å². The summed E-state index contributed by atoms with van der Waals surface area (Å²) in [6.07, 6.45) is 1.18. The van der Waals surface area contributed by atoms with Gasteiger partial charge in [0.25, 0.3) is 0 Å². The zero-order valence-electron chi connectivity index (χ0n) is 22.1. The maximum atomic E-state index is 14.1. The standard InChI is InChI=1S/C28H29BrCl3N3O4S/c1-18(2)33-28(37)26(13-19-7-5-4-6-8-19)34(16-20-9-11-21(29)12-10-20)27(36)17-35(40(3,38)39)25-15-23(31)22(30)14-24(25)32/h4-12,14-15,18,26H,13,16-17H2,1-3H3,(H,33,37)/t26-/m0/s1. The van der Waals surface area contributed by atoms with Crippen LogP contribution < -0.4 is 9.62 Å². The van der Waals surface area contributed by atoms with Crippen LogP contribution in [0.25, 0.3) is 0 Å². The molecular weight excluding hydrogens is 661 g/mol. The van der Waals surface area contributed by atoms with Crippen molar-refractivity contribution in [1.29, 1.82) is 0 Å². The summed E-state index contributed by atoms with van der Waals surface area (Å²) in [7, 11) is -4.01. The van der Waals surface area contributed by atoms with Crippen molar-refractivity contribution in [2.75, 3.05) is 17.1 Å². The fourth-order valence-corrected chi connectivity index (χ4v) is 5.83. The Balaban J connectivity index is 2.09. The minimum atomic E-state index is -4.01. The number of amides is 2. The van der Waals surface area contributed by atoms with Crippen LogP contribution in [-0.4, -0.2) is 50.0 Å². The van der Waals surface area contributed by atoms with Crippen molar-refractivity contribution >= 4 is 78.3 Å². The molecule has 0 aliphatic rings. The molecule has 12 heteroatoms. The lowest BCUT2D eigenvalue weighted by Gasteiger charge is -2.34. The highest BCUT2D eigenvalue weighted by molar-refractivity contribution is 9.10. The summed E-state index contributed by atoms with van der Waals surface area (Å²) in [6, 6.07) is 18.1. The lowest BCUT2D eigenvalue weighted by molar-refractivity contribution is -0.140. The molecule has 0 spiro atoms. The molecule has 1 atom stereocenters. The molecule has 3 rings (SSSR count). The average molecular weight is 690 g/mol. The van der Waals surface area contributed by atoms with E-state index in [4.69, 9.17) is 34.8 Å². The number of halogens is 4. The Morgan fingerprint density at radius 3 is 2.08 bits per heavy atom. The van der Waals surface area contributed by atoms with Crippen LogP contribution in [0.3, 0.4) is 0 Å². The van der Waals surface area contributed by atoms with E-state index in [1.165, 1.54) is 17.0 Å². The normalized spacial score (nSPS) is 12.2. The molecule has 2 amide bonds. The Morgan fingerprint density at radius 1 is 0.900 bits per heavy atom. The quantitative estimate of drug-likeness (QED) is 0.238. The van der Waals surface area contributed by atoms with E-state index in [9.17, 15) is 18.0 Å². The third-order valence-corrected chi connectivity index (χ3v) is 8.59. The van der Waals surface area contributed by atoms with Crippen molar-refractivity contribution in [3.8, 4) is 0 Å². The van der Waals surface area contributed by atoms with Crippen molar-refractivity contribution in [1.82, 2.24) is 10.2 Å². The Hall–Kier alpha value is -2.30. The van der Waals surface area contributed by atoms with Gasteiger partial charge >= 0.3 is 0 Å². The third-order valence-electron chi connectivity index (χ3n) is 5.91. The van der Waals surface area contributed by atoms with Crippen LogP contribution in [0.15, 0.2) is 71.2 Å². The molecule has 40 heavy (non-hydrogen) atoms. The topological polar surface area (TPSA) is 86.8 Å². The number of benzene rings is 3. The zero-order valence-corrected chi connectivity index (χ0v) is 26.7. The van der Waals surface area contributed by atoms with Crippen LogP contribution in [0, 0.1) is 0 Å². The molecule has 1 N–H and O–H groups in total. The van der Waals surface area contributed by atoms with Gasteiger partial charge in [0.05, 0.1) is 27.0 Å². The monoisotopic (exact) mass is 687 g/mol. The molecule has 0 bridgehead atoms. The fourth-order valence-electron chi connectivity index (χ4n) is 4.02. The predicted molar refractivity (Wildman–Crippen MR) is 166 cm³/mol. The Bertz CT molecular complexity index is 1460. The first-order valence-corrected chi connectivity index (χ1v) is 16.0. The molecule has 7 nitrogen and oxygen atoms in total. The van der Waals surface area contributed by atoms with Crippen molar-refractivity contribution < 1.29 is 18.0 Å². The van der Waals surface area contributed by atoms with E-state index in [0.717, 1.165) is 26.2 Å². The molecular formula is C28H29BrCl3N3O4S. The molecule has 3 aromatic carbocycles. The van der Waals surface area contributed by atoms with Crippen molar-refractivity contribution in [3.63, 3.8) is 0 Å². The summed E-state index contributed by atoms with van der Waals surface area (Å²) in [5.41, 5.74) is 1.60. The fraction of sp³-hybridized carbons (Fsp3) is 0.286. The summed E-state index contributed by atoms with van der Waals surface area (Å²) in [5, 5.41) is 3.13. The third kappa shape index (κ3) is 8.85. The van der Waals surface area contributed by atoms with Gasteiger partial charge in [-0.25, -0.2) is 8.42 Å². The van der Waals surface area contributed by atoms with Gasteiger partial charge < -0.3 is 10.2 Å². The molecule has 0 unspecified atom stereocenters. The second-order valence-electron chi connectivity index (χ2n) is 9.50. The van der Waals surface area contributed by atoms with E-state index in [0.29, 0.717) is 0 Å². The number of rotatable bonds is 11. The number of sulfonamides is 1. The van der Waals surface area contributed by atoms with Crippen LogP contribution in [-0.2, 0) is 32.6 Å². The van der Waals surface area contributed by atoms with Gasteiger partial charge in [0, 0.05) is 23.5 Å². The number of carbonyl (C=O) groups is 2. The van der Waals surface area contributed by atoms with Gasteiger partial charge in [0.15, 0.2) is 0 Å². The smallest absolute Gasteiger partial charge is 0.244 e. The zero-order chi connectivity index (χ0) is 29.6. The number of anilines is 1. The molecule has 0 heterocycles. The van der Waals surface area contributed by atoms with Crippen LogP contribution in [0.4, 0.5) is 5.69 Å². The van der Waals surface area contributed by atoms with Gasteiger partial charge in [-0.2, -0.15) is 0 Å².